The minimum absolute atomic E-state index is 0.127. The summed E-state index contributed by atoms with van der Waals surface area (Å²) in [6.45, 7) is 1.45. The summed E-state index contributed by atoms with van der Waals surface area (Å²) in [6, 6.07) is 10.4. The Morgan fingerprint density at radius 3 is 2.41 bits per heavy atom. The van der Waals surface area contributed by atoms with Crippen LogP contribution in [0.3, 0.4) is 0 Å². The zero-order valence-corrected chi connectivity index (χ0v) is 12.6. The molecule has 0 unspecified atom stereocenters. The summed E-state index contributed by atoms with van der Waals surface area (Å²) >= 11 is 5.72. The highest BCUT2D eigenvalue weighted by atomic mass is 35.5. The molecule has 0 aliphatic carbocycles. The molecule has 5 nitrogen and oxygen atoms in total. The Balaban J connectivity index is 1.94. The van der Waals surface area contributed by atoms with Crippen molar-refractivity contribution < 1.29 is 9.59 Å². The van der Waals surface area contributed by atoms with Crippen molar-refractivity contribution in [3.05, 3.63) is 59.3 Å². The number of carbonyl (C=O) groups is 2. The molecule has 0 atom stereocenters. The van der Waals surface area contributed by atoms with Crippen molar-refractivity contribution in [3.63, 3.8) is 0 Å². The highest BCUT2D eigenvalue weighted by Gasteiger charge is 1.99. The van der Waals surface area contributed by atoms with E-state index in [1.165, 1.54) is 19.2 Å². The molecule has 2 amide bonds. The number of aromatic nitrogens is 1. The van der Waals surface area contributed by atoms with Crippen LogP contribution < -0.4 is 10.6 Å². The second-order valence-electron chi connectivity index (χ2n) is 4.49. The molecule has 0 bridgehead atoms. The van der Waals surface area contributed by atoms with E-state index in [-0.39, 0.29) is 11.8 Å². The summed E-state index contributed by atoms with van der Waals surface area (Å²) in [6.07, 6.45) is 4.54. The maximum atomic E-state index is 11.8. The fourth-order valence-electron chi connectivity index (χ4n) is 1.67. The highest BCUT2D eigenvalue weighted by molar-refractivity contribution is 6.30. The average Bonchev–Trinajstić information content (AvgIpc) is 2.48. The van der Waals surface area contributed by atoms with Gasteiger partial charge in [-0.2, -0.15) is 0 Å². The first-order chi connectivity index (χ1) is 10.5. The first-order valence-electron chi connectivity index (χ1n) is 6.51. The summed E-state index contributed by atoms with van der Waals surface area (Å²) in [5.41, 5.74) is 1.55. The van der Waals surface area contributed by atoms with E-state index in [4.69, 9.17) is 11.6 Å². The number of pyridine rings is 1. The normalized spacial score (nSPS) is 10.5. The smallest absolute Gasteiger partial charge is 0.249 e. The fraction of sp³-hybridized carbons (Fsp3) is 0.0625. The largest absolute Gasteiger partial charge is 0.326 e. The summed E-state index contributed by atoms with van der Waals surface area (Å²) < 4.78 is 0. The second kappa shape index (κ2) is 7.38. The third-order valence-corrected chi connectivity index (χ3v) is 2.86. The molecule has 0 aliphatic rings. The van der Waals surface area contributed by atoms with Gasteiger partial charge in [-0.25, -0.2) is 4.98 Å². The van der Waals surface area contributed by atoms with Crippen molar-refractivity contribution in [1.82, 2.24) is 4.98 Å². The molecule has 1 heterocycles. The summed E-state index contributed by atoms with van der Waals surface area (Å²) in [5, 5.41) is 5.80. The van der Waals surface area contributed by atoms with Gasteiger partial charge in [-0.15, -0.1) is 0 Å². The molecule has 0 saturated carbocycles. The van der Waals surface area contributed by atoms with E-state index in [0.717, 1.165) is 5.56 Å². The molecule has 0 fully saturated rings. The van der Waals surface area contributed by atoms with Gasteiger partial charge in [0.15, 0.2) is 0 Å². The van der Waals surface area contributed by atoms with Crippen LogP contribution in [-0.2, 0) is 9.59 Å². The monoisotopic (exact) mass is 315 g/mol. The van der Waals surface area contributed by atoms with E-state index in [1.54, 1.807) is 42.5 Å². The number of hydrogen-bond donors (Lipinski definition) is 2. The first kappa shape index (κ1) is 15.7. The van der Waals surface area contributed by atoms with Crippen LogP contribution in [0.2, 0.25) is 5.02 Å². The van der Waals surface area contributed by atoms with Crippen LogP contribution >= 0.6 is 11.6 Å². The van der Waals surface area contributed by atoms with Gasteiger partial charge in [0.25, 0.3) is 0 Å². The zero-order chi connectivity index (χ0) is 15.9. The lowest BCUT2D eigenvalue weighted by Crippen LogP contribution is -2.08. The second-order valence-corrected chi connectivity index (χ2v) is 4.92. The molecular formula is C16H14ClN3O2. The van der Waals surface area contributed by atoms with Gasteiger partial charge in [0, 0.05) is 24.9 Å². The third-order valence-electron chi connectivity index (χ3n) is 2.64. The zero-order valence-electron chi connectivity index (χ0n) is 11.8. The van der Waals surface area contributed by atoms with Gasteiger partial charge in [-0.1, -0.05) is 23.7 Å². The van der Waals surface area contributed by atoms with Crippen molar-refractivity contribution in [2.24, 2.45) is 0 Å². The molecule has 0 saturated heterocycles. The Bertz CT molecular complexity index is 694. The van der Waals surface area contributed by atoms with Gasteiger partial charge in [0.2, 0.25) is 11.8 Å². The van der Waals surface area contributed by atoms with Crippen LogP contribution in [0.15, 0.2) is 48.7 Å². The molecule has 0 radical (unpaired) electrons. The number of nitrogens with one attached hydrogen (secondary N) is 2. The minimum atomic E-state index is -0.291. The number of benzene rings is 1. The standard InChI is InChI=1S/C16H14ClN3O2/c1-11(21)19-14-6-2-12(3-7-14)4-9-16(22)20-15-8-5-13(17)10-18-15/h2-10H,1H3,(H,19,21)(H,18,20,22)/b9-4+. The van der Waals surface area contributed by atoms with Crippen molar-refractivity contribution in [2.75, 3.05) is 10.6 Å². The van der Waals surface area contributed by atoms with Gasteiger partial charge in [0.05, 0.1) is 5.02 Å². The molecule has 2 rings (SSSR count). The van der Waals surface area contributed by atoms with Crippen molar-refractivity contribution in [3.8, 4) is 0 Å². The van der Waals surface area contributed by atoms with Crippen LogP contribution in [-0.4, -0.2) is 16.8 Å². The van der Waals surface area contributed by atoms with Crippen LogP contribution in [0.4, 0.5) is 11.5 Å². The highest BCUT2D eigenvalue weighted by Crippen LogP contribution is 2.12. The SMILES string of the molecule is CC(=O)Nc1ccc(/C=C/C(=O)Nc2ccc(Cl)cn2)cc1. The first-order valence-corrected chi connectivity index (χ1v) is 6.89. The maximum absolute atomic E-state index is 11.8. The molecule has 2 N–H and O–H groups in total. The predicted octanol–water partition coefficient (Wildman–Crippen LogP) is 3.35. The lowest BCUT2D eigenvalue weighted by Gasteiger charge is -2.02. The Kier molecular flexibility index (Phi) is 5.27. The van der Waals surface area contributed by atoms with E-state index in [2.05, 4.69) is 15.6 Å². The molecule has 1 aromatic carbocycles. The quantitative estimate of drug-likeness (QED) is 0.850. The lowest BCUT2D eigenvalue weighted by molar-refractivity contribution is -0.114. The molecule has 2 aromatic rings. The van der Waals surface area contributed by atoms with Crippen LogP contribution in [0.5, 0.6) is 0 Å². The van der Waals surface area contributed by atoms with Crippen LogP contribution in [0.1, 0.15) is 12.5 Å². The van der Waals surface area contributed by atoms with Gasteiger partial charge in [-0.05, 0) is 35.9 Å². The molecule has 1 aromatic heterocycles. The van der Waals surface area contributed by atoms with Crippen molar-refractivity contribution in [1.29, 1.82) is 0 Å². The van der Waals surface area contributed by atoms with Crippen LogP contribution in [0, 0.1) is 0 Å². The molecule has 22 heavy (non-hydrogen) atoms. The number of rotatable bonds is 4. The Morgan fingerprint density at radius 2 is 1.82 bits per heavy atom. The number of nitrogens with zero attached hydrogens (tertiary/aromatic N) is 1. The summed E-state index contributed by atoms with van der Waals surface area (Å²) in [5.74, 6) is 0.0129. The molecule has 0 aliphatic heterocycles. The Labute approximate surface area is 133 Å². The Hall–Kier alpha value is -2.66. The van der Waals surface area contributed by atoms with Gasteiger partial charge >= 0.3 is 0 Å². The van der Waals surface area contributed by atoms with E-state index in [0.29, 0.717) is 16.5 Å². The third kappa shape index (κ3) is 5.03. The summed E-state index contributed by atoms with van der Waals surface area (Å²) in [4.78, 5) is 26.6. The molecule has 112 valence electrons. The van der Waals surface area contributed by atoms with E-state index >= 15 is 0 Å². The number of halogens is 1. The minimum Gasteiger partial charge on any atom is -0.326 e. The average molecular weight is 316 g/mol. The van der Waals surface area contributed by atoms with E-state index < -0.39 is 0 Å². The van der Waals surface area contributed by atoms with Gasteiger partial charge in [-0.3, -0.25) is 9.59 Å². The fourth-order valence-corrected chi connectivity index (χ4v) is 1.78. The lowest BCUT2D eigenvalue weighted by atomic mass is 10.2. The Morgan fingerprint density at radius 1 is 1.09 bits per heavy atom. The molecule has 6 heteroatoms. The number of hydrogen-bond acceptors (Lipinski definition) is 3. The molecular weight excluding hydrogens is 302 g/mol. The van der Waals surface area contributed by atoms with E-state index in [9.17, 15) is 9.59 Å². The van der Waals surface area contributed by atoms with E-state index in [1.807, 2.05) is 0 Å². The van der Waals surface area contributed by atoms with Crippen LogP contribution in [0.25, 0.3) is 6.08 Å². The summed E-state index contributed by atoms with van der Waals surface area (Å²) in [7, 11) is 0. The predicted molar refractivity (Wildman–Crippen MR) is 87.7 cm³/mol. The van der Waals surface area contributed by atoms with Gasteiger partial charge < -0.3 is 10.6 Å². The van der Waals surface area contributed by atoms with Crippen molar-refractivity contribution >= 4 is 41.0 Å². The van der Waals surface area contributed by atoms with Crippen molar-refractivity contribution in [2.45, 2.75) is 6.92 Å². The number of amides is 2. The molecule has 0 spiro atoms. The van der Waals surface area contributed by atoms with Gasteiger partial charge in [0.1, 0.15) is 5.82 Å². The topological polar surface area (TPSA) is 71.1 Å². The number of anilines is 2. The number of carbonyl (C=O) groups excluding carboxylic acids is 2. The maximum Gasteiger partial charge on any atom is 0.249 e.